The molecule has 0 saturated heterocycles. The van der Waals surface area contributed by atoms with Crippen LogP contribution < -0.4 is 21.7 Å². The average Bonchev–Trinajstić information content (AvgIpc) is 2.53. The average molecular weight is 357 g/mol. The van der Waals surface area contributed by atoms with E-state index in [1.54, 1.807) is 31.2 Å². The van der Waals surface area contributed by atoms with Crippen molar-refractivity contribution in [1.29, 1.82) is 0 Å². The number of carbonyl (C=O) groups excluding carboxylic acids is 3. The molecule has 3 amide bonds. The molecule has 0 radical (unpaired) electrons. The first-order valence-corrected chi connectivity index (χ1v) is 7.56. The first kappa shape index (κ1) is 21.9. The summed E-state index contributed by atoms with van der Waals surface area (Å²) in [5.41, 5.74) is 6.92. The molecule has 0 unspecified atom stereocenters. The van der Waals surface area contributed by atoms with Gasteiger partial charge in [0.25, 0.3) is 0 Å². The number of halogens is 1. The normalized spacial score (nSPS) is 11.2. The SMILES string of the molecule is CCC(=O)Nc1ccc(NC(=O)CNC(=O)[C@@H](N)C(C)C)cc1.Cl. The highest BCUT2D eigenvalue weighted by Gasteiger charge is 2.17. The van der Waals surface area contributed by atoms with Crippen LogP contribution >= 0.6 is 12.4 Å². The van der Waals surface area contributed by atoms with Crippen molar-refractivity contribution in [1.82, 2.24) is 5.32 Å². The maximum Gasteiger partial charge on any atom is 0.243 e. The Labute approximate surface area is 148 Å². The lowest BCUT2D eigenvalue weighted by Crippen LogP contribution is -2.46. The molecule has 0 spiro atoms. The predicted molar refractivity (Wildman–Crippen MR) is 97.1 cm³/mol. The highest BCUT2D eigenvalue weighted by atomic mass is 35.5. The lowest BCUT2D eigenvalue weighted by molar-refractivity contribution is -0.125. The molecule has 1 rings (SSSR count). The molecule has 1 atom stereocenters. The summed E-state index contributed by atoms with van der Waals surface area (Å²) in [6.07, 6.45) is 0.400. The third-order valence-electron chi connectivity index (χ3n) is 3.22. The van der Waals surface area contributed by atoms with Gasteiger partial charge in [-0.25, -0.2) is 0 Å². The van der Waals surface area contributed by atoms with E-state index in [0.29, 0.717) is 17.8 Å². The second-order valence-corrected chi connectivity index (χ2v) is 5.51. The van der Waals surface area contributed by atoms with Gasteiger partial charge in [0.15, 0.2) is 0 Å². The van der Waals surface area contributed by atoms with E-state index < -0.39 is 6.04 Å². The van der Waals surface area contributed by atoms with Gasteiger partial charge >= 0.3 is 0 Å². The van der Waals surface area contributed by atoms with Gasteiger partial charge in [0.2, 0.25) is 17.7 Å². The van der Waals surface area contributed by atoms with E-state index in [2.05, 4.69) is 16.0 Å². The first-order valence-electron chi connectivity index (χ1n) is 7.56. The second kappa shape index (κ2) is 10.6. The molecule has 1 aromatic carbocycles. The number of nitrogens with two attached hydrogens (primary N) is 1. The number of nitrogens with one attached hydrogen (secondary N) is 3. The van der Waals surface area contributed by atoms with Crippen molar-refractivity contribution in [2.75, 3.05) is 17.2 Å². The number of carbonyl (C=O) groups is 3. The minimum Gasteiger partial charge on any atom is -0.346 e. The van der Waals surface area contributed by atoms with Gasteiger partial charge in [0, 0.05) is 17.8 Å². The molecular weight excluding hydrogens is 332 g/mol. The maximum absolute atomic E-state index is 11.8. The third-order valence-corrected chi connectivity index (χ3v) is 3.22. The van der Waals surface area contributed by atoms with E-state index >= 15 is 0 Å². The van der Waals surface area contributed by atoms with Crippen LogP contribution in [0.1, 0.15) is 27.2 Å². The quantitative estimate of drug-likeness (QED) is 0.592. The monoisotopic (exact) mass is 356 g/mol. The Balaban J connectivity index is 0.00000529. The van der Waals surface area contributed by atoms with Crippen LogP contribution in [0, 0.1) is 5.92 Å². The highest BCUT2D eigenvalue weighted by Crippen LogP contribution is 2.13. The predicted octanol–water partition coefficient (Wildman–Crippen LogP) is 1.49. The standard InChI is InChI=1S/C16H24N4O3.ClH/c1-4-13(21)19-11-5-7-12(8-6-11)20-14(22)9-18-16(23)15(17)10(2)3;/h5-8,10,15H,4,9,17H2,1-3H3,(H,18,23)(H,19,21)(H,20,22);1H/t15-;/m0./s1. The van der Waals surface area contributed by atoms with E-state index in [-0.39, 0.29) is 42.6 Å². The Morgan fingerprint density at radius 2 is 1.46 bits per heavy atom. The van der Waals surface area contributed by atoms with E-state index in [4.69, 9.17) is 5.73 Å². The van der Waals surface area contributed by atoms with Crippen LogP contribution in [0.5, 0.6) is 0 Å². The summed E-state index contributed by atoms with van der Waals surface area (Å²) < 4.78 is 0. The lowest BCUT2D eigenvalue weighted by Gasteiger charge is -2.15. The number of rotatable bonds is 7. The van der Waals surface area contributed by atoms with Gasteiger partial charge in [-0.3, -0.25) is 14.4 Å². The molecule has 8 heteroatoms. The number of benzene rings is 1. The van der Waals surface area contributed by atoms with Crippen LogP contribution in [-0.2, 0) is 14.4 Å². The van der Waals surface area contributed by atoms with Crippen LogP contribution in [0.2, 0.25) is 0 Å². The van der Waals surface area contributed by atoms with Crippen molar-refractivity contribution in [2.45, 2.75) is 33.2 Å². The molecule has 1 aromatic rings. The van der Waals surface area contributed by atoms with Crippen molar-refractivity contribution in [3.63, 3.8) is 0 Å². The molecule has 7 nitrogen and oxygen atoms in total. The van der Waals surface area contributed by atoms with Gasteiger partial charge in [0.05, 0.1) is 12.6 Å². The summed E-state index contributed by atoms with van der Waals surface area (Å²) in [6.45, 7) is 5.30. The van der Waals surface area contributed by atoms with Crippen molar-refractivity contribution < 1.29 is 14.4 Å². The molecule has 0 heterocycles. The zero-order valence-electron chi connectivity index (χ0n) is 14.1. The fourth-order valence-corrected chi connectivity index (χ4v) is 1.68. The van der Waals surface area contributed by atoms with Gasteiger partial charge in [-0.2, -0.15) is 0 Å². The van der Waals surface area contributed by atoms with E-state index in [1.165, 1.54) is 0 Å². The zero-order chi connectivity index (χ0) is 17.4. The number of hydrogen-bond donors (Lipinski definition) is 4. The molecule has 134 valence electrons. The van der Waals surface area contributed by atoms with E-state index in [1.807, 2.05) is 13.8 Å². The molecular formula is C16H25ClN4O3. The molecule has 0 saturated carbocycles. The maximum atomic E-state index is 11.8. The molecule has 24 heavy (non-hydrogen) atoms. The topological polar surface area (TPSA) is 113 Å². The van der Waals surface area contributed by atoms with Gasteiger partial charge in [-0.1, -0.05) is 20.8 Å². The molecule has 0 bridgehead atoms. The molecule has 0 aromatic heterocycles. The first-order chi connectivity index (χ1) is 10.8. The Morgan fingerprint density at radius 3 is 1.88 bits per heavy atom. The Morgan fingerprint density at radius 1 is 1.00 bits per heavy atom. The van der Waals surface area contributed by atoms with E-state index in [0.717, 1.165) is 0 Å². The molecule has 0 aliphatic heterocycles. The molecule has 0 aliphatic rings. The summed E-state index contributed by atoms with van der Waals surface area (Å²) >= 11 is 0. The Kier molecular flexibility index (Phi) is 9.68. The number of hydrogen-bond acceptors (Lipinski definition) is 4. The van der Waals surface area contributed by atoms with Crippen molar-refractivity contribution in [3.8, 4) is 0 Å². The van der Waals surface area contributed by atoms with Crippen LogP contribution in [-0.4, -0.2) is 30.3 Å². The summed E-state index contributed by atoms with van der Waals surface area (Å²) in [6, 6.07) is 6.09. The smallest absolute Gasteiger partial charge is 0.243 e. The second-order valence-electron chi connectivity index (χ2n) is 5.51. The Hall–Kier alpha value is -2.12. The van der Waals surface area contributed by atoms with Crippen LogP contribution in [0.3, 0.4) is 0 Å². The minimum atomic E-state index is -0.635. The van der Waals surface area contributed by atoms with Gasteiger partial charge < -0.3 is 21.7 Å². The Bertz CT molecular complexity index is 561. The summed E-state index contributed by atoms with van der Waals surface area (Å²) in [4.78, 5) is 34.7. The van der Waals surface area contributed by atoms with Gasteiger partial charge in [-0.05, 0) is 30.2 Å². The highest BCUT2D eigenvalue weighted by molar-refractivity contribution is 5.96. The molecule has 0 fully saturated rings. The van der Waals surface area contributed by atoms with Gasteiger partial charge in [-0.15, -0.1) is 12.4 Å². The van der Waals surface area contributed by atoms with Crippen molar-refractivity contribution in [3.05, 3.63) is 24.3 Å². The fraction of sp³-hybridized carbons (Fsp3) is 0.438. The largest absolute Gasteiger partial charge is 0.346 e. The van der Waals surface area contributed by atoms with Crippen LogP contribution in [0.4, 0.5) is 11.4 Å². The van der Waals surface area contributed by atoms with Crippen molar-refractivity contribution in [2.24, 2.45) is 11.7 Å². The summed E-state index contributed by atoms with van der Waals surface area (Å²) in [5.74, 6) is -0.776. The minimum absolute atomic E-state index is 0. The molecule has 0 aliphatic carbocycles. The van der Waals surface area contributed by atoms with Crippen LogP contribution in [0.15, 0.2) is 24.3 Å². The summed E-state index contributed by atoms with van der Waals surface area (Å²) in [5, 5.41) is 7.86. The fourth-order valence-electron chi connectivity index (χ4n) is 1.68. The third kappa shape index (κ3) is 7.43. The number of anilines is 2. The number of amides is 3. The van der Waals surface area contributed by atoms with Gasteiger partial charge in [0.1, 0.15) is 0 Å². The summed E-state index contributed by atoms with van der Waals surface area (Å²) in [7, 11) is 0. The molecule has 5 N–H and O–H groups in total. The van der Waals surface area contributed by atoms with Crippen molar-refractivity contribution >= 4 is 41.5 Å². The zero-order valence-corrected chi connectivity index (χ0v) is 14.9. The van der Waals surface area contributed by atoms with Crippen LogP contribution in [0.25, 0.3) is 0 Å². The van der Waals surface area contributed by atoms with E-state index in [9.17, 15) is 14.4 Å². The lowest BCUT2D eigenvalue weighted by atomic mass is 10.1.